The molecule has 8 heteroatoms. The fourth-order valence-corrected chi connectivity index (χ4v) is 3.18. The molecule has 0 fully saturated rings. The second-order valence-electron chi connectivity index (χ2n) is 5.35. The molecule has 0 aromatic heterocycles. The van der Waals surface area contributed by atoms with E-state index >= 15 is 0 Å². The van der Waals surface area contributed by atoms with Gasteiger partial charge in [0.1, 0.15) is 6.61 Å². The molecule has 0 unspecified atom stereocenters. The summed E-state index contributed by atoms with van der Waals surface area (Å²) in [4.78, 5) is 23.9. The molecule has 0 radical (unpaired) electrons. The minimum Gasteiger partial charge on any atom is -0.481 e. The van der Waals surface area contributed by atoms with Crippen LogP contribution in [0.2, 0.25) is 0 Å². The van der Waals surface area contributed by atoms with Gasteiger partial charge in [-0.15, -0.1) is 11.8 Å². The normalized spacial score (nSPS) is 11.2. The molecular formula is C18H15Cl3O4S. The van der Waals surface area contributed by atoms with Crippen LogP contribution in [0, 0.1) is 0 Å². The van der Waals surface area contributed by atoms with Crippen molar-refractivity contribution in [2.24, 2.45) is 0 Å². The Bertz CT molecular complexity index is 773. The Morgan fingerprint density at radius 3 is 2.31 bits per heavy atom. The number of halogens is 3. The molecule has 0 bridgehead atoms. The van der Waals surface area contributed by atoms with Crippen molar-refractivity contribution in [3.63, 3.8) is 0 Å². The third kappa shape index (κ3) is 7.08. The smallest absolute Gasteiger partial charge is 0.338 e. The Balaban J connectivity index is 2.01. The van der Waals surface area contributed by atoms with Gasteiger partial charge >= 0.3 is 11.9 Å². The molecule has 26 heavy (non-hydrogen) atoms. The highest BCUT2D eigenvalue weighted by molar-refractivity contribution is 7.98. The number of esters is 1. The van der Waals surface area contributed by atoms with E-state index in [0.29, 0.717) is 11.3 Å². The summed E-state index contributed by atoms with van der Waals surface area (Å²) in [5, 5.41) is 8.79. The van der Waals surface area contributed by atoms with Crippen LogP contribution in [0.5, 0.6) is 0 Å². The number of carbonyl (C=O) groups excluding carboxylic acids is 1. The number of rotatable bonds is 7. The number of benzene rings is 2. The summed E-state index contributed by atoms with van der Waals surface area (Å²) in [7, 11) is 0. The summed E-state index contributed by atoms with van der Waals surface area (Å²) in [5.41, 5.74) is 1.94. The summed E-state index contributed by atoms with van der Waals surface area (Å²) in [6.07, 6.45) is -0.0111. The third-order valence-electron chi connectivity index (χ3n) is 3.28. The predicted octanol–water partition coefficient (Wildman–Crippen LogP) is 5.13. The maximum atomic E-state index is 12.2. The first-order valence-corrected chi connectivity index (χ1v) is 9.62. The summed E-state index contributed by atoms with van der Waals surface area (Å²) in [6.45, 7) is -0.330. The molecular weight excluding hydrogens is 419 g/mol. The van der Waals surface area contributed by atoms with Crippen molar-refractivity contribution in [2.45, 2.75) is 20.9 Å². The molecule has 0 amide bonds. The largest absolute Gasteiger partial charge is 0.481 e. The van der Waals surface area contributed by atoms with Crippen LogP contribution in [-0.4, -0.2) is 27.4 Å². The lowest BCUT2D eigenvalue weighted by Crippen LogP contribution is -2.18. The first-order valence-electron chi connectivity index (χ1n) is 7.50. The van der Waals surface area contributed by atoms with E-state index in [2.05, 4.69) is 0 Å². The predicted molar refractivity (Wildman–Crippen MR) is 104 cm³/mol. The van der Waals surface area contributed by atoms with Gasteiger partial charge in [0.15, 0.2) is 0 Å². The lowest BCUT2D eigenvalue weighted by atomic mass is 10.1. The molecule has 0 aliphatic rings. The van der Waals surface area contributed by atoms with Crippen molar-refractivity contribution in [2.75, 3.05) is 6.61 Å². The molecule has 0 spiro atoms. The molecule has 2 rings (SSSR count). The second-order valence-corrected chi connectivity index (χ2v) is 8.92. The Morgan fingerprint density at radius 2 is 1.69 bits per heavy atom. The van der Waals surface area contributed by atoms with Gasteiger partial charge < -0.3 is 9.84 Å². The molecule has 0 saturated heterocycles. The van der Waals surface area contributed by atoms with Crippen LogP contribution >= 0.6 is 46.6 Å². The van der Waals surface area contributed by atoms with Crippen LogP contribution in [0.15, 0.2) is 53.4 Å². The van der Waals surface area contributed by atoms with Crippen molar-refractivity contribution in [3.8, 4) is 0 Å². The molecule has 0 aliphatic heterocycles. The topological polar surface area (TPSA) is 63.6 Å². The first kappa shape index (κ1) is 20.9. The first-order chi connectivity index (χ1) is 12.2. The van der Waals surface area contributed by atoms with E-state index in [1.165, 1.54) is 11.8 Å². The Kier molecular flexibility index (Phi) is 7.65. The minimum absolute atomic E-state index is 0.0111. The molecule has 2 aromatic rings. The third-order valence-corrected chi connectivity index (χ3v) is 4.67. The van der Waals surface area contributed by atoms with Crippen molar-refractivity contribution in [1.29, 1.82) is 0 Å². The second kappa shape index (κ2) is 9.51. The zero-order valence-corrected chi connectivity index (χ0v) is 16.5. The van der Waals surface area contributed by atoms with E-state index in [-0.39, 0.29) is 13.0 Å². The summed E-state index contributed by atoms with van der Waals surface area (Å²) in [5.74, 6) is -0.880. The fourth-order valence-electron chi connectivity index (χ4n) is 2.11. The molecule has 0 saturated carbocycles. The zero-order chi connectivity index (χ0) is 19.2. The van der Waals surface area contributed by atoms with Crippen LogP contribution in [0.1, 0.15) is 21.5 Å². The lowest BCUT2D eigenvalue weighted by Gasteiger charge is -2.13. The van der Waals surface area contributed by atoms with Gasteiger partial charge in [-0.05, 0) is 29.3 Å². The van der Waals surface area contributed by atoms with E-state index in [0.717, 1.165) is 16.0 Å². The maximum Gasteiger partial charge on any atom is 0.338 e. The van der Waals surface area contributed by atoms with Crippen molar-refractivity contribution < 1.29 is 19.4 Å². The molecule has 4 nitrogen and oxygen atoms in total. The number of ether oxygens (including phenoxy) is 1. The highest BCUT2D eigenvalue weighted by atomic mass is 35.6. The summed E-state index contributed by atoms with van der Waals surface area (Å²) < 4.78 is 3.38. The molecule has 138 valence electrons. The number of carbonyl (C=O) groups is 2. The zero-order valence-electron chi connectivity index (χ0n) is 13.5. The van der Waals surface area contributed by atoms with E-state index < -0.39 is 15.7 Å². The van der Waals surface area contributed by atoms with Crippen LogP contribution in [0.25, 0.3) is 0 Å². The number of hydrogen-bond donors (Lipinski definition) is 1. The minimum atomic E-state index is -1.66. The number of aliphatic carboxylic acids is 1. The standard InChI is InChI=1S/C18H15Cl3O4S/c19-18(20,21)11-25-17(24)15-4-2-1-3-13(15)10-26-14-7-5-12(6-8-14)9-16(22)23/h1-8H,9-11H2,(H,22,23). The van der Waals surface area contributed by atoms with Crippen molar-refractivity contribution in [1.82, 2.24) is 0 Å². The summed E-state index contributed by atoms with van der Waals surface area (Å²) in [6, 6.07) is 14.3. The number of carboxylic acid groups (broad SMARTS) is 1. The highest BCUT2D eigenvalue weighted by Crippen LogP contribution is 2.28. The van der Waals surface area contributed by atoms with Gasteiger partial charge in [-0.25, -0.2) is 4.79 Å². The average molecular weight is 434 g/mol. The Morgan fingerprint density at radius 1 is 1.04 bits per heavy atom. The number of thioether (sulfide) groups is 1. The van der Waals surface area contributed by atoms with Gasteiger partial charge in [0.2, 0.25) is 3.79 Å². The fraction of sp³-hybridized carbons (Fsp3) is 0.222. The lowest BCUT2D eigenvalue weighted by molar-refractivity contribution is -0.136. The van der Waals surface area contributed by atoms with Gasteiger partial charge in [0, 0.05) is 10.6 Å². The molecule has 2 aromatic carbocycles. The van der Waals surface area contributed by atoms with Gasteiger partial charge in [-0.3, -0.25) is 4.79 Å². The molecule has 0 heterocycles. The molecule has 1 N–H and O–H groups in total. The van der Waals surface area contributed by atoms with Gasteiger partial charge in [0.25, 0.3) is 0 Å². The van der Waals surface area contributed by atoms with E-state index in [1.807, 2.05) is 24.3 Å². The quantitative estimate of drug-likeness (QED) is 0.372. The van der Waals surface area contributed by atoms with Gasteiger partial charge in [0.05, 0.1) is 12.0 Å². The van der Waals surface area contributed by atoms with E-state index in [4.69, 9.17) is 44.6 Å². The Labute approximate surface area is 170 Å². The van der Waals surface area contributed by atoms with Gasteiger partial charge in [-0.1, -0.05) is 65.1 Å². The SMILES string of the molecule is O=C(O)Cc1ccc(SCc2ccccc2C(=O)OCC(Cl)(Cl)Cl)cc1. The van der Waals surface area contributed by atoms with Crippen molar-refractivity contribution in [3.05, 3.63) is 65.2 Å². The van der Waals surface area contributed by atoms with Gasteiger partial charge in [-0.2, -0.15) is 0 Å². The van der Waals surface area contributed by atoms with Crippen molar-refractivity contribution >= 4 is 58.5 Å². The summed E-state index contributed by atoms with van der Waals surface area (Å²) >= 11 is 18.3. The van der Waals surface area contributed by atoms with Crippen LogP contribution in [0.3, 0.4) is 0 Å². The maximum absolute atomic E-state index is 12.2. The number of alkyl halides is 3. The molecule has 0 atom stereocenters. The van der Waals surface area contributed by atoms with E-state index in [9.17, 15) is 9.59 Å². The number of hydrogen-bond acceptors (Lipinski definition) is 4. The average Bonchev–Trinajstić information content (AvgIpc) is 2.58. The monoisotopic (exact) mass is 432 g/mol. The Hall–Kier alpha value is -1.40. The van der Waals surface area contributed by atoms with Crippen LogP contribution in [0.4, 0.5) is 0 Å². The molecule has 0 aliphatic carbocycles. The van der Waals surface area contributed by atoms with Crippen LogP contribution < -0.4 is 0 Å². The van der Waals surface area contributed by atoms with E-state index in [1.54, 1.807) is 24.3 Å². The van der Waals surface area contributed by atoms with Crippen LogP contribution in [-0.2, 0) is 21.7 Å². The number of carboxylic acids is 1. The highest BCUT2D eigenvalue weighted by Gasteiger charge is 2.23.